The molecule has 0 radical (unpaired) electrons. The molecule has 2 aromatic rings. The van der Waals surface area contributed by atoms with E-state index >= 15 is 0 Å². The molecule has 1 fully saturated rings. The summed E-state index contributed by atoms with van der Waals surface area (Å²) in [5.41, 5.74) is 1.01. The number of amides is 1. The van der Waals surface area contributed by atoms with Gasteiger partial charge in [0.15, 0.2) is 0 Å². The van der Waals surface area contributed by atoms with Crippen LogP contribution in [-0.4, -0.2) is 44.0 Å². The van der Waals surface area contributed by atoms with Gasteiger partial charge in [-0.3, -0.25) is 4.79 Å². The molecule has 0 bridgehead atoms. The van der Waals surface area contributed by atoms with E-state index in [2.05, 4.69) is 5.32 Å². The van der Waals surface area contributed by atoms with Crippen molar-refractivity contribution < 1.29 is 17.6 Å². The van der Waals surface area contributed by atoms with Gasteiger partial charge in [0, 0.05) is 37.5 Å². The van der Waals surface area contributed by atoms with Crippen molar-refractivity contribution in [3.8, 4) is 11.3 Å². The summed E-state index contributed by atoms with van der Waals surface area (Å²) in [4.78, 5) is 12.2. The van der Waals surface area contributed by atoms with Crippen LogP contribution in [0.25, 0.3) is 11.3 Å². The third kappa shape index (κ3) is 4.95. The Balaban J connectivity index is 1.44. The Morgan fingerprint density at radius 2 is 1.85 bits per heavy atom. The molecule has 1 N–H and O–H groups in total. The van der Waals surface area contributed by atoms with Gasteiger partial charge in [-0.05, 0) is 25.0 Å². The molecule has 1 aromatic heterocycles. The van der Waals surface area contributed by atoms with Gasteiger partial charge < -0.3 is 9.73 Å². The van der Waals surface area contributed by atoms with Crippen LogP contribution >= 0.6 is 0 Å². The van der Waals surface area contributed by atoms with E-state index in [9.17, 15) is 13.2 Å². The first-order chi connectivity index (χ1) is 12.4. The summed E-state index contributed by atoms with van der Waals surface area (Å²) in [5.74, 6) is 1.56. The molecule has 3 rings (SSSR count). The van der Waals surface area contributed by atoms with Crippen molar-refractivity contribution in [1.82, 2.24) is 9.62 Å². The Morgan fingerprint density at radius 1 is 1.15 bits per heavy atom. The van der Waals surface area contributed by atoms with Gasteiger partial charge in [-0.15, -0.1) is 0 Å². The fraction of sp³-hybridized carbons (Fsp3) is 0.421. The summed E-state index contributed by atoms with van der Waals surface area (Å²) >= 11 is 0. The predicted molar refractivity (Wildman–Crippen MR) is 100 cm³/mol. The van der Waals surface area contributed by atoms with E-state index in [1.807, 2.05) is 42.5 Å². The van der Waals surface area contributed by atoms with E-state index in [1.165, 1.54) is 10.6 Å². The average Bonchev–Trinajstić information content (AvgIpc) is 3.09. The van der Waals surface area contributed by atoms with Gasteiger partial charge in [-0.2, -0.15) is 0 Å². The van der Waals surface area contributed by atoms with E-state index in [0.717, 1.165) is 17.1 Å². The van der Waals surface area contributed by atoms with Gasteiger partial charge in [-0.1, -0.05) is 30.3 Å². The standard InChI is InChI=1S/C19H24N2O4S/c1-26(23,24)21-13-11-16(12-14-21)20-19(22)10-8-17-7-9-18(25-17)15-5-3-2-4-6-15/h2-7,9,16H,8,10-14H2,1H3,(H,20,22). The molecule has 0 saturated carbocycles. The molecule has 1 aliphatic heterocycles. The minimum Gasteiger partial charge on any atom is -0.461 e. The second-order valence-corrected chi connectivity index (χ2v) is 8.62. The quantitative estimate of drug-likeness (QED) is 0.840. The number of hydrogen-bond donors (Lipinski definition) is 1. The van der Waals surface area contributed by atoms with E-state index in [1.54, 1.807) is 0 Å². The van der Waals surface area contributed by atoms with Gasteiger partial charge >= 0.3 is 0 Å². The average molecular weight is 376 g/mol. The van der Waals surface area contributed by atoms with Gasteiger partial charge in [-0.25, -0.2) is 12.7 Å². The Bertz CT molecular complexity index is 837. The number of hydrogen-bond acceptors (Lipinski definition) is 4. The number of benzene rings is 1. The highest BCUT2D eigenvalue weighted by atomic mass is 32.2. The lowest BCUT2D eigenvalue weighted by atomic mass is 10.1. The van der Waals surface area contributed by atoms with Crippen molar-refractivity contribution in [2.45, 2.75) is 31.7 Å². The topological polar surface area (TPSA) is 79.6 Å². The molecule has 1 saturated heterocycles. The van der Waals surface area contributed by atoms with Crippen molar-refractivity contribution in [1.29, 1.82) is 0 Å². The van der Waals surface area contributed by atoms with E-state index < -0.39 is 10.0 Å². The number of furan rings is 1. The molecule has 2 heterocycles. The van der Waals surface area contributed by atoms with Crippen molar-refractivity contribution in [2.24, 2.45) is 0 Å². The molecular weight excluding hydrogens is 352 g/mol. The van der Waals surface area contributed by atoms with Crippen LogP contribution in [0.3, 0.4) is 0 Å². The number of piperidine rings is 1. The fourth-order valence-electron chi connectivity index (χ4n) is 3.14. The maximum Gasteiger partial charge on any atom is 0.220 e. The lowest BCUT2D eigenvalue weighted by Crippen LogP contribution is -2.46. The first kappa shape index (κ1) is 18.7. The largest absolute Gasteiger partial charge is 0.461 e. The number of nitrogens with one attached hydrogen (secondary N) is 1. The van der Waals surface area contributed by atoms with Crippen molar-refractivity contribution in [3.63, 3.8) is 0 Å². The van der Waals surface area contributed by atoms with Gasteiger partial charge in [0.1, 0.15) is 11.5 Å². The number of carbonyl (C=O) groups is 1. The van der Waals surface area contributed by atoms with Crippen LogP contribution in [0, 0.1) is 0 Å². The molecule has 1 amide bonds. The first-order valence-electron chi connectivity index (χ1n) is 8.80. The molecule has 26 heavy (non-hydrogen) atoms. The number of nitrogens with zero attached hydrogens (tertiary/aromatic N) is 1. The second kappa shape index (κ2) is 8.05. The van der Waals surface area contributed by atoms with Crippen molar-refractivity contribution in [3.05, 3.63) is 48.2 Å². The Morgan fingerprint density at radius 3 is 2.50 bits per heavy atom. The molecule has 0 atom stereocenters. The number of carbonyl (C=O) groups excluding carboxylic acids is 1. The smallest absolute Gasteiger partial charge is 0.220 e. The van der Waals surface area contributed by atoms with E-state index in [0.29, 0.717) is 38.8 Å². The monoisotopic (exact) mass is 376 g/mol. The molecule has 0 aliphatic carbocycles. The minimum atomic E-state index is -3.14. The molecular formula is C19H24N2O4S. The summed E-state index contributed by atoms with van der Waals surface area (Å²) in [6.07, 6.45) is 3.42. The third-order valence-corrected chi connectivity index (χ3v) is 5.91. The van der Waals surface area contributed by atoms with Crippen LogP contribution in [0.15, 0.2) is 46.9 Å². The highest BCUT2D eigenvalue weighted by Crippen LogP contribution is 2.22. The van der Waals surface area contributed by atoms with Crippen molar-refractivity contribution >= 4 is 15.9 Å². The van der Waals surface area contributed by atoms with Crippen LogP contribution < -0.4 is 5.32 Å². The summed E-state index contributed by atoms with van der Waals surface area (Å²) in [7, 11) is -3.14. The van der Waals surface area contributed by atoms with Crippen LogP contribution in [0.1, 0.15) is 25.0 Å². The van der Waals surface area contributed by atoms with Crippen molar-refractivity contribution in [2.75, 3.05) is 19.3 Å². The zero-order valence-corrected chi connectivity index (χ0v) is 15.7. The first-order valence-corrected chi connectivity index (χ1v) is 10.7. The maximum atomic E-state index is 12.2. The minimum absolute atomic E-state index is 0.0273. The highest BCUT2D eigenvalue weighted by molar-refractivity contribution is 7.88. The summed E-state index contributed by atoms with van der Waals surface area (Å²) in [6.45, 7) is 0.921. The molecule has 7 heteroatoms. The third-order valence-electron chi connectivity index (χ3n) is 4.61. The van der Waals surface area contributed by atoms with Gasteiger partial charge in [0.25, 0.3) is 0 Å². The van der Waals surface area contributed by atoms with Crippen LogP contribution in [0.2, 0.25) is 0 Å². The number of aryl methyl sites for hydroxylation is 1. The highest BCUT2D eigenvalue weighted by Gasteiger charge is 2.25. The Hall–Kier alpha value is -2.12. The summed E-state index contributed by atoms with van der Waals surface area (Å²) < 4.78 is 30.3. The lowest BCUT2D eigenvalue weighted by molar-refractivity contribution is -0.122. The molecule has 1 aromatic carbocycles. The second-order valence-electron chi connectivity index (χ2n) is 6.64. The van der Waals surface area contributed by atoms with Gasteiger partial charge in [0.05, 0.1) is 6.26 Å². The molecule has 0 spiro atoms. The normalized spacial score (nSPS) is 16.5. The summed E-state index contributed by atoms with van der Waals surface area (Å²) in [6, 6.07) is 13.7. The number of sulfonamides is 1. The Kier molecular flexibility index (Phi) is 5.78. The van der Waals surface area contributed by atoms with Crippen LogP contribution in [0.4, 0.5) is 0 Å². The molecule has 0 unspecified atom stereocenters. The lowest BCUT2D eigenvalue weighted by Gasteiger charge is -2.30. The summed E-state index contributed by atoms with van der Waals surface area (Å²) in [5, 5.41) is 3.00. The van der Waals surface area contributed by atoms with Gasteiger partial charge in [0.2, 0.25) is 15.9 Å². The Labute approximate surface area is 154 Å². The van der Waals surface area contributed by atoms with E-state index in [-0.39, 0.29) is 11.9 Å². The zero-order chi connectivity index (χ0) is 18.6. The SMILES string of the molecule is CS(=O)(=O)N1CCC(NC(=O)CCc2ccc(-c3ccccc3)o2)CC1. The fourth-order valence-corrected chi connectivity index (χ4v) is 4.01. The van der Waals surface area contributed by atoms with E-state index in [4.69, 9.17) is 4.42 Å². The molecule has 1 aliphatic rings. The van der Waals surface area contributed by atoms with Crippen LogP contribution in [-0.2, 0) is 21.2 Å². The predicted octanol–water partition coefficient (Wildman–Crippen LogP) is 2.42. The zero-order valence-electron chi connectivity index (χ0n) is 14.8. The van der Waals surface area contributed by atoms with Crippen LogP contribution in [0.5, 0.6) is 0 Å². The number of rotatable bonds is 6. The maximum absolute atomic E-state index is 12.2. The molecule has 6 nitrogen and oxygen atoms in total. The molecule has 140 valence electrons.